The van der Waals surface area contributed by atoms with Crippen LogP contribution in [-0.2, 0) is 4.79 Å². The molecule has 2 rings (SSSR count). The molecule has 2 N–H and O–H groups in total. The molecule has 1 aromatic rings. The number of rotatable bonds is 3. The fourth-order valence-corrected chi connectivity index (χ4v) is 2.03. The van der Waals surface area contributed by atoms with E-state index in [0.717, 1.165) is 25.8 Å². The fraction of sp³-hybridized carbons (Fsp3) is 0.700. The van der Waals surface area contributed by atoms with Crippen LogP contribution in [0.3, 0.4) is 0 Å². The second-order valence-electron chi connectivity index (χ2n) is 4.05. The van der Waals surface area contributed by atoms with Gasteiger partial charge in [-0.15, -0.1) is 5.10 Å². The highest BCUT2D eigenvalue weighted by Gasteiger charge is 2.39. The topological polar surface area (TPSA) is 80.1 Å². The minimum absolute atomic E-state index is 0.0869. The summed E-state index contributed by atoms with van der Waals surface area (Å²) < 4.78 is 5.12. The van der Waals surface area contributed by atoms with Crippen LogP contribution in [0.25, 0.3) is 0 Å². The third-order valence-corrected chi connectivity index (χ3v) is 3.03. The van der Waals surface area contributed by atoms with Crippen molar-refractivity contribution in [1.29, 1.82) is 0 Å². The maximum absolute atomic E-state index is 12.1. The predicted octanol–water partition coefficient (Wildman–Crippen LogP) is 0.849. The third kappa shape index (κ3) is 1.92. The molecule has 1 unspecified atom stereocenters. The van der Waals surface area contributed by atoms with E-state index in [-0.39, 0.29) is 11.9 Å². The van der Waals surface area contributed by atoms with Gasteiger partial charge in [-0.2, -0.15) is 0 Å². The Balaban J connectivity index is 2.07. The largest absolute Gasteiger partial charge is 0.408 e. The zero-order valence-electron chi connectivity index (χ0n) is 9.54. The summed E-state index contributed by atoms with van der Waals surface area (Å²) in [6.07, 6.45) is 2.62. The first kappa shape index (κ1) is 11.1. The van der Waals surface area contributed by atoms with E-state index >= 15 is 0 Å². The van der Waals surface area contributed by atoms with Crippen molar-refractivity contribution in [3.8, 4) is 0 Å². The van der Waals surface area contributed by atoms with Crippen LogP contribution in [-0.4, -0.2) is 28.2 Å². The van der Waals surface area contributed by atoms with Crippen molar-refractivity contribution in [1.82, 2.24) is 15.5 Å². The monoisotopic (exact) mass is 224 g/mol. The lowest BCUT2D eigenvalue weighted by molar-refractivity contribution is -0.122. The molecule has 0 spiro atoms. The summed E-state index contributed by atoms with van der Waals surface area (Å²) in [7, 11) is 0. The molecular formula is C10H16N4O2. The lowest BCUT2D eigenvalue weighted by Gasteiger charge is -2.25. The number of nitrogens with one attached hydrogen (secondary N) is 2. The molecule has 6 nitrogen and oxygen atoms in total. The first-order chi connectivity index (χ1) is 7.66. The van der Waals surface area contributed by atoms with Gasteiger partial charge in [0, 0.05) is 6.92 Å². The van der Waals surface area contributed by atoms with Crippen LogP contribution < -0.4 is 10.6 Å². The molecule has 1 atom stereocenters. The third-order valence-electron chi connectivity index (χ3n) is 3.03. The zero-order chi connectivity index (χ0) is 11.6. The standard InChI is InChI=1S/C10H16N4O2/c1-3-10(5-4-6-11-10)8(15)12-9-14-13-7(2)16-9/h11H,3-6H2,1-2H3,(H,12,14,15). The zero-order valence-corrected chi connectivity index (χ0v) is 9.54. The minimum Gasteiger partial charge on any atom is -0.408 e. The number of amides is 1. The van der Waals surface area contributed by atoms with Gasteiger partial charge in [-0.05, 0) is 25.8 Å². The first-order valence-electron chi connectivity index (χ1n) is 5.53. The minimum atomic E-state index is -0.470. The molecule has 16 heavy (non-hydrogen) atoms. The van der Waals surface area contributed by atoms with Crippen LogP contribution in [0.2, 0.25) is 0 Å². The van der Waals surface area contributed by atoms with E-state index in [1.807, 2.05) is 6.92 Å². The van der Waals surface area contributed by atoms with Crippen LogP contribution in [0.15, 0.2) is 4.42 Å². The molecule has 6 heteroatoms. The molecule has 0 aliphatic carbocycles. The molecule has 1 amide bonds. The highest BCUT2D eigenvalue weighted by Crippen LogP contribution is 2.24. The second kappa shape index (κ2) is 4.21. The van der Waals surface area contributed by atoms with E-state index in [2.05, 4.69) is 20.8 Å². The Bertz CT molecular complexity index is 382. The van der Waals surface area contributed by atoms with Crippen molar-refractivity contribution in [2.45, 2.75) is 38.6 Å². The van der Waals surface area contributed by atoms with Crippen LogP contribution in [0, 0.1) is 6.92 Å². The highest BCUT2D eigenvalue weighted by atomic mass is 16.4. The van der Waals surface area contributed by atoms with Gasteiger partial charge in [0.15, 0.2) is 0 Å². The fourth-order valence-electron chi connectivity index (χ4n) is 2.03. The summed E-state index contributed by atoms with van der Waals surface area (Å²) in [4.78, 5) is 12.1. The summed E-state index contributed by atoms with van der Waals surface area (Å²) >= 11 is 0. The Kier molecular flexibility index (Phi) is 2.91. The number of hydrogen-bond acceptors (Lipinski definition) is 5. The number of nitrogens with zero attached hydrogens (tertiary/aromatic N) is 2. The molecule has 1 aliphatic heterocycles. The van der Waals surface area contributed by atoms with Crippen LogP contribution in [0.1, 0.15) is 32.1 Å². The average molecular weight is 224 g/mol. The van der Waals surface area contributed by atoms with Crippen molar-refractivity contribution in [3.05, 3.63) is 5.89 Å². The number of hydrogen-bond donors (Lipinski definition) is 2. The first-order valence-corrected chi connectivity index (χ1v) is 5.53. The van der Waals surface area contributed by atoms with Crippen molar-refractivity contribution < 1.29 is 9.21 Å². The van der Waals surface area contributed by atoms with E-state index in [0.29, 0.717) is 5.89 Å². The molecule has 0 radical (unpaired) electrons. The summed E-state index contributed by atoms with van der Waals surface area (Å²) in [6.45, 7) is 4.56. The van der Waals surface area contributed by atoms with E-state index in [4.69, 9.17) is 4.42 Å². The number of aryl methyl sites for hydroxylation is 1. The lowest BCUT2D eigenvalue weighted by atomic mass is 9.93. The quantitative estimate of drug-likeness (QED) is 0.795. The van der Waals surface area contributed by atoms with Gasteiger partial charge in [0.1, 0.15) is 0 Å². The Hall–Kier alpha value is -1.43. The van der Waals surface area contributed by atoms with E-state index in [9.17, 15) is 4.79 Å². The van der Waals surface area contributed by atoms with E-state index in [1.165, 1.54) is 0 Å². The van der Waals surface area contributed by atoms with Gasteiger partial charge in [0.25, 0.3) is 0 Å². The smallest absolute Gasteiger partial charge is 0.322 e. The van der Waals surface area contributed by atoms with E-state index in [1.54, 1.807) is 6.92 Å². The van der Waals surface area contributed by atoms with Crippen LogP contribution in [0.4, 0.5) is 6.01 Å². The van der Waals surface area contributed by atoms with Gasteiger partial charge in [0.2, 0.25) is 11.8 Å². The van der Waals surface area contributed by atoms with Gasteiger partial charge >= 0.3 is 6.01 Å². The second-order valence-corrected chi connectivity index (χ2v) is 4.05. The Morgan fingerprint density at radius 3 is 2.94 bits per heavy atom. The normalized spacial score (nSPS) is 24.6. The average Bonchev–Trinajstić information content (AvgIpc) is 2.88. The molecule has 1 aromatic heterocycles. The predicted molar refractivity (Wildman–Crippen MR) is 57.9 cm³/mol. The molecule has 0 bridgehead atoms. The SMILES string of the molecule is CCC1(C(=O)Nc2nnc(C)o2)CCCN1. The molecular weight excluding hydrogens is 208 g/mol. The molecule has 0 saturated carbocycles. The molecule has 1 saturated heterocycles. The number of aromatic nitrogens is 2. The van der Waals surface area contributed by atoms with Crippen LogP contribution >= 0.6 is 0 Å². The summed E-state index contributed by atoms with van der Waals surface area (Å²) in [5, 5.41) is 13.3. The van der Waals surface area contributed by atoms with Gasteiger partial charge < -0.3 is 9.73 Å². The van der Waals surface area contributed by atoms with Crippen LogP contribution in [0.5, 0.6) is 0 Å². The van der Waals surface area contributed by atoms with Gasteiger partial charge in [-0.1, -0.05) is 12.0 Å². The molecule has 2 heterocycles. The molecule has 1 fully saturated rings. The van der Waals surface area contributed by atoms with E-state index < -0.39 is 5.54 Å². The van der Waals surface area contributed by atoms with Gasteiger partial charge in [0.05, 0.1) is 5.54 Å². The maximum Gasteiger partial charge on any atom is 0.322 e. The number of carbonyl (C=O) groups is 1. The van der Waals surface area contributed by atoms with Crippen molar-refractivity contribution in [2.24, 2.45) is 0 Å². The van der Waals surface area contributed by atoms with Gasteiger partial charge in [-0.3, -0.25) is 10.1 Å². The van der Waals surface area contributed by atoms with Crippen molar-refractivity contribution in [2.75, 3.05) is 11.9 Å². The van der Waals surface area contributed by atoms with Crippen molar-refractivity contribution >= 4 is 11.9 Å². The lowest BCUT2D eigenvalue weighted by Crippen LogP contribution is -2.50. The summed E-state index contributed by atoms with van der Waals surface area (Å²) in [5.41, 5.74) is -0.470. The highest BCUT2D eigenvalue weighted by molar-refractivity contribution is 5.96. The van der Waals surface area contributed by atoms with Crippen molar-refractivity contribution in [3.63, 3.8) is 0 Å². The Morgan fingerprint density at radius 2 is 2.44 bits per heavy atom. The maximum atomic E-state index is 12.1. The summed E-state index contributed by atoms with van der Waals surface area (Å²) in [5.74, 6) is 0.358. The molecule has 1 aliphatic rings. The summed E-state index contributed by atoms with van der Waals surface area (Å²) in [6, 6.07) is 0.170. The Morgan fingerprint density at radius 1 is 1.62 bits per heavy atom. The van der Waals surface area contributed by atoms with Gasteiger partial charge in [-0.25, -0.2) is 0 Å². The number of anilines is 1. The molecule has 88 valence electrons. The molecule has 0 aromatic carbocycles. The Labute approximate surface area is 93.8 Å². The number of carbonyl (C=O) groups excluding carboxylic acids is 1.